The van der Waals surface area contributed by atoms with Gasteiger partial charge in [-0.25, -0.2) is 4.79 Å². The SMILES string of the molecule is CN(C(=O)OC(C)(C)C)C(C#N)c1ccc(Cl)cc1. The number of hydrogen-bond acceptors (Lipinski definition) is 3. The molecule has 0 aliphatic heterocycles. The molecule has 0 heterocycles. The molecule has 4 nitrogen and oxygen atoms in total. The zero-order valence-corrected chi connectivity index (χ0v) is 12.2. The second-order valence-electron chi connectivity index (χ2n) is 5.17. The van der Waals surface area contributed by atoms with Crippen molar-refractivity contribution in [2.45, 2.75) is 32.4 Å². The predicted molar refractivity (Wildman–Crippen MR) is 73.8 cm³/mol. The van der Waals surface area contributed by atoms with Gasteiger partial charge in [0, 0.05) is 12.1 Å². The molecule has 1 atom stereocenters. The molecule has 1 aromatic rings. The van der Waals surface area contributed by atoms with E-state index in [4.69, 9.17) is 16.3 Å². The molecule has 0 bridgehead atoms. The minimum Gasteiger partial charge on any atom is -0.444 e. The van der Waals surface area contributed by atoms with Crippen molar-refractivity contribution in [3.8, 4) is 6.07 Å². The summed E-state index contributed by atoms with van der Waals surface area (Å²) < 4.78 is 5.24. The Morgan fingerprint density at radius 2 is 1.89 bits per heavy atom. The topological polar surface area (TPSA) is 53.3 Å². The molecule has 0 radical (unpaired) electrons. The van der Waals surface area contributed by atoms with Crippen LogP contribution in [0.3, 0.4) is 0 Å². The standard InChI is InChI=1S/C14H17ClN2O2/c1-14(2,3)19-13(18)17(4)12(9-16)10-5-7-11(15)8-6-10/h5-8,12H,1-4H3. The second kappa shape index (κ2) is 5.94. The maximum Gasteiger partial charge on any atom is 0.411 e. The molecular weight excluding hydrogens is 264 g/mol. The number of rotatable bonds is 2. The normalized spacial score (nSPS) is 12.4. The second-order valence-corrected chi connectivity index (χ2v) is 5.61. The number of carbonyl (C=O) groups is 1. The summed E-state index contributed by atoms with van der Waals surface area (Å²) in [5.41, 5.74) is 0.103. The lowest BCUT2D eigenvalue weighted by Crippen LogP contribution is -2.36. The zero-order valence-electron chi connectivity index (χ0n) is 11.5. The van der Waals surface area contributed by atoms with Gasteiger partial charge >= 0.3 is 6.09 Å². The van der Waals surface area contributed by atoms with Crippen molar-refractivity contribution in [3.05, 3.63) is 34.9 Å². The number of halogens is 1. The lowest BCUT2D eigenvalue weighted by molar-refractivity contribution is 0.0258. The largest absolute Gasteiger partial charge is 0.444 e. The third-order valence-corrected chi connectivity index (χ3v) is 2.63. The van der Waals surface area contributed by atoms with Crippen molar-refractivity contribution in [2.75, 3.05) is 7.05 Å². The summed E-state index contributed by atoms with van der Waals surface area (Å²) in [7, 11) is 1.54. The Hall–Kier alpha value is -1.73. The molecule has 0 aliphatic rings. The van der Waals surface area contributed by atoms with Gasteiger partial charge in [0.15, 0.2) is 0 Å². The van der Waals surface area contributed by atoms with Crippen LogP contribution >= 0.6 is 11.6 Å². The quantitative estimate of drug-likeness (QED) is 0.828. The maximum absolute atomic E-state index is 11.9. The van der Waals surface area contributed by atoms with Crippen LogP contribution < -0.4 is 0 Å². The van der Waals surface area contributed by atoms with Gasteiger partial charge in [0.1, 0.15) is 11.6 Å². The third-order valence-electron chi connectivity index (χ3n) is 2.38. The van der Waals surface area contributed by atoms with Gasteiger partial charge < -0.3 is 4.74 Å². The van der Waals surface area contributed by atoms with Crippen molar-refractivity contribution in [3.63, 3.8) is 0 Å². The fraction of sp³-hybridized carbons (Fsp3) is 0.429. The molecule has 1 unspecified atom stereocenters. The Bertz CT molecular complexity index is 486. The average molecular weight is 281 g/mol. The first-order valence-corrected chi connectivity index (χ1v) is 6.23. The van der Waals surface area contributed by atoms with E-state index in [0.717, 1.165) is 0 Å². The Morgan fingerprint density at radius 1 is 1.37 bits per heavy atom. The van der Waals surface area contributed by atoms with Gasteiger partial charge in [0.2, 0.25) is 0 Å². The molecule has 0 fully saturated rings. The van der Waals surface area contributed by atoms with Crippen LogP contribution in [0.15, 0.2) is 24.3 Å². The third kappa shape index (κ3) is 4.46. The van der Waals surface area contributed by atoms with E-state index in [9.17, 15) is 10.1 Å². The van der Waals surface area contributed by atoms with Crippen LogP contribution in [0.4, 0.5) is 4.79 Å². The van der Waals surface area contributed by atoms with Crippen LogP contribution in [-0.2, 0) is 4.74 Å². The van der Waals surface area contributed by atoms with Crippen molar-refractivity contribution < 1.29 is 9.53 Å². The van der Waals surface area contributed by atoms with Crippen LogP contribution in [0, 0.1) is 11.3 Å². The van der Waals surface area contributed by atoms with Gasteiger partial charge in [-0.05, 0) is 38.5 Å². The van der Waals surface area contributed by atoms with Crippen molar-refractivity contribution in [1.29, 1.82) is 5.26 Å². The lowest BCUT2D eigenvalue weighted by atomic mass is 10.1. The average Bonchev–Trinajstić information content (AvgIpc) is 2.30. The molecular formula is C14H17ClN2O2. The summed E-state index contributed by atoms with van der Waals surface area (Å²) in [4.78, 5) is 13.2. The maximum atomic E-state index is 11.9. The number of hydrogen-bond donors (Lipinski definition) is 0. The van der Waals surface area contributed by atoms with Gasteiger partial charge in [-0.2, -0.15) is 5.26 Å². The fourth-order valence-corrected chi connectivity index (χ4v) is 1.60. The summed E-state index contributed by atoms with van der Waals surface area (Å²) in [6.07, 6.45) is -0.533. The highest BCUT2D eigenvalue weighted by Crippen LogP contribution is 2.22. The Morgan fingerprint density at radius 3 is 2.32 bits per heavy atom. The van der Waals surface area contributed by atoms with E-state index in [1.807, 2.05) is 0 Å². The highest BCUT2D eigenvalue weighted by Gasteiger charge is 2.26. The Kier molecular flexibility index (Phi) is 4.79. The molecule has 1 rings (SSSR count). The molecule has 5 heteroatoms. The van der Waals surface area contributed by atoms with E-state index >= 15 is 0 Å². The molecule has 0 saturated carbocycles. The lowest BCUT2D eigenvalue weighted by Gasteiger charge is -2.27. The number of ether oxygens (including phenoxy) is 1. The zero-order chi connectivity index (χ0) is 14.6. The molecule has 1 aromatic carbocycles. The first-order valence-electron chi connectivity index (χ1n) is 5.85. The number of amides is 1. The molecule has 0 N–H and O–H groups in total. The van der Waals surface area contributed by atoms with Gasteiger partial charge in [0.25, 0.3) is 0 Å². The summed E-state index contributed by atoms with van der Waals surface area (Å²) in [6.45, 7) is 5.34. The van der Waals surface area contributed by atoms with Crippen LogP contribution in [0.2, 0.25) is 5.02 Å². The van der Waals surface area contributed by atoms with E-state index < -0.39 is 17.7 Å². The molecule has 1 amide bonds. The van der Waals surface area contributed by atoms with Gasteiger partial charge in [-0.15, -0.1) is 0 Å². The van der Waals surface area contributed by atoms with E-state index in [0.29, 0.717) is 10.6 Å². The van der Waals surface area contributed by atoms with Gasteiger partial charge in [-0.1, -0.05) is 23.7 Å². The molecule has 19 heavy (non-hydrogen) atoms. The number of nitrogens with zero attached hydrogens (tertiary/aromatic N) is 2. The molecule has 0 aromatic heterocycles. The monoisotopic (exact) mass is 280 g/mol. The first kappa shape index (κ1) is 15.3. The fourth-order valence-electron chi connectivity index (χ4n) is 1.47. The van der Waals surface area contributed by atoms with Crippen LogP contribution in [-0.4, -0.2) is 23.6 Å². The number of nitriles is 1. The van der Waals surface area contributed by atoms with E-state index in [1.165, 1.54) is 11.9 Å². The molecule has 0 saturated heterocycles. The summed E-state index contributed by atoms with van der Waals surface area (Å²) in [5, 5.41) is 9.82. The predicted octanol–water partition coefficient (Wildman–Crippen LogP) is 3.77. The van der Waals surface area contributed by atoms with Crippen LogP contribution in [0.25, 0.3) is 0 Å². The van der Waals surface area contributed by atoms with Crippen molar-refractivity contribution >= 4 is 17.7 Å². The minimum atomic E-state index is -0.702. The summed E-state index contributed by atoms with van der Waals surface area (Å²) in [5.74, 6) is 0. The first-order chi connectivity index (χ1) is 8.74. The highest BCUT2D eigenvalue weighted by molar-refractivity contribution is 6.30. The van der Waals surface area contributed by atoms with Crippen molar-refractivity contribution in [1.82, 2.24) is 4.90 Å². The smallest absolute Gasteiger partial charge is 0.411 e. The summed E-state index contributed by atoms with van der Waals surface area (Å²) in [6, 6.07) is 8.19. The summed E-state index contributed by atoms with van der Waals surface area (Å²) >= 11 is 5.80. The van der Waals surface area contributed by atoms with E-state index in [-0.39, 0.29) is 0 Å². The number of carbonyl (C=O) groups excluding carboxylic acids is 1. The molecule has 102 valence electrons. The van der Waals surface area contributed by atoms with Crippen LogP contribution in [0.1, 0.15) is 32.4 Å². The van der Waals surface area contributed by atoms with Crippen LogP contribution in [0.5, 0.6) is 0 Å². The molecule has 0 aliphatic carbocycles. The number of benzene rings is 1. The van der Waals surface area contributed by atoms with E-state index in [1.54, 1.807) is 45.0 Å². The highest BCUT2D eigenvalue weighted by atomic mass is 35.5. The van der Waals surface area contributed by atoms with Gasteiger partial charge in [0.05, 0.1) is 6.07 Å². The Balaban J connectivity index is 2.89. The minimum absolute atomic E-state index is 0.533. The molecule has 0 spiro atoms. The van der Waals surface area contributed by atoms with Gasteiger partial charge in [-0.3, -0.25) is 4.90 Å². The van der Waals surface area contributed by atoms with Crippen molar-refractivity contribution in [2.24, 2.45) is 0 Å². The Labute approximate surface area is 118 Å². The van der Waals surface area contributed by atoms with E-state index in [2.05, 4.69) is 6.07 Å².